The second kappa shape index (κ2) is 4.10. The van der Waals surface area contributed by atoms with Crippen LogP contribution in [0, 0.1) is 5.92 Å². The van der Waals surface area contributed by atoms with Gasteiger partial charge in [-0.25, -0.2) is 4.79 Å². The van der Waals surface area contributed by atoms with Gasteiger partial charge in [0.15, 0.2) is 0 Å². The number of hydrogen-bond acceptors (Lipinski definition) is 3. The maximum absolute atomic E-state index is 11.9. The molecule has 1 fully saturated rings. The van der Waals surface area contributed by atoms with Crippen molar-refractivity contribution >= 4 is 13.1 Å². The van der Waals surface area contributed by atoms with Crippen molar-refractivity contribution in [1.82, 2.24) is 0 Å². The van der Waals surface area contributed by atoms with Gasteiger partial charge in [0.2, 0.25) is 0 Å². The van der Waals surface area contributed by atoms with Crippen LogP contribution < -0.4 is 4.65 Å². The molecule has 2 aliphatic rings. The highest BCUT2D eigenvalue weighted by Crippen LogP contribution is 2.41. The van der Waals surface area contributed by atoms with E-state index in [1.165, 1.54) is 12.8 Å². The van der Waals surface area contributed by atoms with Crippen LogP contribution in [0.2, 0.25) is 5.82 Å². The molecule has 0 N–H and O–H groups in total. The van der Waals surface area contributed by atoms with Gasteiger partial charge in [0.05, 0.1) is 5.56 Å². The Morgan fingerprint density at radius 1 is 1.24 bits per heavy atom. The van der Waals surface area contributed by atoms with Crippen LogP contribution in [-0.2, 0) is 4.65 Å². The molecule has 0 radical (unpaired) electrons. The van der Waals surface area contributed by atoms with E-state index in [9.17, 15) is 4.79 Å². The third kappa shape index (κ3) is 1.81. The van der Waals surface area contributed by atoms with Crippen LogP contribution in [0.5, 0.6) is 5.75 Å². The molecule has 17 heavy (non-hydrogen) atoms. The fourth-order valence-electron chi connectivity index (χ4n) is 2.81. The van der Waals surface area contributed by atoms with Crippen molar-refractivity contribution in [2.45, 2.75) is 32.0 Å². The number of hydrogen-bond donors (Lipinski definition) is 0. The summed E-state index contributed by atoms with van der Waals surface area (Å²) in [4.78, 5) is 11.9. The van der Waals surface area contributed by atoms with Crippen LogP contribution >= 0.6 is 0 Å². The first-order chi connectivity index (χ1) is 8.25. The van der Waals surface area contributed by atoms with Gasteiger partial charge < -0.3 is 9.31 Å². The minimum absolute atomic E-state index is 0.254. The molecule has 0 unspecified atom stereocenters. The lowest BCUT2D eigenvalue weighted by molar-refractivity contribution is 0.0669. The van der Waals surface area contributed by atoms with Crippen LogP contribution in [0.3, 0.4) is 0 Å². The molecule has 88 valence electrons. The molecule has 2 atom stereocenters. The number of carbonyl (C=O) groups is 1. The summed E-state index contributed by atoms with van der Waals surface area (Å²) in [6.07, 6.45) is 3.48. The van der Waals surface area contributed by atoms with Gasteiger partial charge in [0.1, 0.15) is 5.75 Å². The molecule has 0 saturated heterocycles. The summed E-state index contributed by atoms with van der Waals surface area (Å²) in [5, 5.41) is 0. The van der Waals surface area contributed by atoms with E-state index in [4.69, 9.17) is 9.31 Å². The highest BCUT2D eigenvalue weighted by atomic mass is 16.6. The van der Waals surface area contributed by atoms with Gasteiger partial charge in [-0.15, -0.1) is 0 Å². The summed E-state index contributed by atoms with van der Waals surface area (Å²) >= 11 is 0. The van der Waals surface area contributed by atoms with Crippen LogP contribution in [0.25, 0.3) is 0 Å². The van der Waals surface area contributed by atoms with Crippen molar-refractivity contribution in [3.63, 3.8) is 0 Å². The van der Waals surface area contributed by atoms with E-state index in [1.54, 1.807) is 6.07 Å². The van der Waals surface area contributed by atoms with Gasteiger partial charge in [-0.2, -0.15) is 0 Å². The Balaban J connectivity index is 1.86. The highest BCUT2D eigenvalue weighted by Gasteiger charge is 2.45. The largest absolute Gasteiger partial charge is 0.600 e. The molecule has 0 aromatic heterocycles. The van der Waals surface area contributed by atoms with Gasteiger partial charge in [0.25, 0.3) is 0 Å². The van der Waals surface area contributed by atoms with Gasteiger partial charge in [-0.1, -0.05) is 31.9 Å². The minimum Gasteiger partial charge on any atom is -0.525 e. The Labute approximate surface area is 101 Å². The van der Waals surface area contributed by atoms with Crippen molar-refractivity contribution < 1.29 is 14.1 Å². The molecule has 1 aromatic carbocycles. The van der Waals surface area contributed by atoms with Crippen molar-refractivity contribution in [3.8, 4) is 5.75 Å². The van der Waals surface area contributed by atoms with E-state index in [0.29, 0.717) is 23.0 Å². The maximum Gasteiger partial charge on any atom is 0.600 e. The summed E-state index contributed by atoms with van der Waals surface area (Å²) in [7, 11) is -0.394. The topological polar surface area (TPSA) is 35.5 Å². The van der Waals surface area contributed by atoms with Gasteiger partial charge >= 0.3 is 13.1 Å². The minimum atomic E-state index is -0.394. The molecule has 3 nitrogen and oxygen atoms in total. The average Bonchev–Trinajstić information content (AvgIpc) is 2.75. The molecule has 0 spiro atoms. The smallest absolute Gasteiger partial charge is 0.525 e. The van der Waals surface area contributed by atoms with E-state index >= 15 is 0 Å². The van der Waals surface area contributed by atoms with Crippen LogP contribution in [-0.4, -0.2) is 13.1 Å². The third-order valence-corrected chi connectivity index (χ3v) is 3.85. The average molecular weight is 230 g/mol. The predicted octanol–water partition coefficient (Wildman–Crippen LogP) is 2.91. The first kappa shape index (κ1) is 10.7. The molecule has 1 saturated carbocycles. The molecule has 1 heterocycles. The van der Waals surface area contributed by atoms with Crippen molar-refractivity contribution in [3.05, 3.63) is 29.8 Å². The molecule has 1 aromatic rings. The summed E-state index contributed by atoms with van der Waals surface area (Å²) in [6, 6.07) is 7.28. The van der Waals surface area contributed by atoms with Crippen LogP contribution in [0.4, 0.5) is 0 Å². The Hall–Kier alpha value is -1.45. The Morgan fingerprint density at radius 2 is 2.06 bits per heavy atom. The van der Waals surface area contributed by atoms with E-state index in [-0.39, 0.29) is 5.97 Å². The van der Waals surface area contributed by atoms with Crippen LogP contribution in [0.15, 0.2) is 24.3 Å². The molecule has 1 aliphatic carbocycles. The molecule has 0 bridgehead atoms. The second-order valence-electron chi connectivity index (χ2n) is 4.96. The van der Waals surface area contributed by atoms with E-state index in [1.807, 2.05) is 18.2 Å². The second-order valence-corrected chi connectivity index (χ2v) is 4.96. The lowest BCUT2D eigenvalue weighted by Gasteiger charge is -2.27. The molecular weight excluding hydrogens is 215 g/mol. The number of rotatable bonds is 1. The Bertz CT molecular complexity index is 446. The van der Waals surface area contributed by atoms with Crippen molar-refractivity contribution in [2.75, 3.05) is 0 Å². The van der Waals surface area contributed by atoms with E-state index in [0.717, 1.165) is 6.42 Å². The molecule has 4 heteroatoms. The number of carbonyl (C=O) groups excluding carboxylic acids is 1. The zero-order valence-corrected chi connectivity index (χ0v) is 9.89. The zero-order chi connectivity index (χ0) is 11.8. The van der Waals surface area contributed by atoms with E-state index in [2.05, 4.69) is 6.92 Å². The standard InChI is InChI=1S/C13H15BO3/c1-9-5-4-7-11(9)14-16-12-8-3-2-6-10(12)13(15)17-14/h2-3,6,8-9,11H,4-5,7H2,1H3/t9-,11-/m0/s1. The van der Waals surface area contributed by atoms with Crippen LogP contribution in [0.1, 0.15) is 36.5 Å². The number of benzene rings is 1. The summed E-state index contributed by atoms with van der Waals surface area (Å²) in [5.41, 5.74) is 0.536. The van der Waals surface area contributed by atoms with Crippen molar-refractivity contribution in [1.29, 1.82) is 0 Å². The van der Waals surface area contributed by atoms with Gasteiger partial charge in [-0.3, -0.25) is 0 Å². The molecule has 1 aliphatic heterocycles. The molecule has 0 amide bonds. The monoisotopic (exact) mass is 230 g/mol. The zero-order valence-electron chi connectivity index (χ0n) is 9.89. The molecule has 3 rings (SSSR count). The molecular formula is C13H15BO3. The quantitative estimate of drug-likeness (QED) is 0.695. The Kier molecular flexibility index (Phi) is 2.58. The van der Waals surface area contributed by atoms with Crippen molar-refractivity contribution in [2.24, 2.45) is 5.92 Å². The highest BCUT2D eigenvalue weighted by molar-refractivity contribution is 6.51. The number of para-hydroxylation sites is 1. The maximum atomic E-state index is 11.9. The fourth-order valence-corrected chi connectivity index (χ4v) is 2.81. The Morgan fingerprint density at radius 3 is 2.82 bits per heavy atom. The lowest BCUT2D eigenvalue weighted by atomic mass is 9.66. The van der Waals surface area contributed by atoms with Gasteiger partial charge in [0, 0.05) is 5.82 Å². The lowest BCUT2D eigenvalue weighted by Crippen LogP contribution is -2.39. The first-order valence-electron chi connectivity index (χ1n) is 6.22. The predicted molar refractivity (Wildman–Crippen MR) is 65.0 cm³/mol. The first-order valence-corrected chi connectivity index (χ1v) is 6.22. The van der Waals surface area contributed by atoms with E-state index < -0.39 is 7.12 Å². The number of fused-ring (bicyclic) bond motifs is 1. The fraction of sp³-hybridized carbons (Fsp3) is 0.462. The third-order valence-electron chi connectivity index (χ3n) is 3.85. The summed E-state index contributed by atoms with van der Waals surface area (Å²) in [5.74, 6) is 1.31. The van der Waals surface area contributed by atoms with Gasteiger partial charge in [-0.05, 0) is 24.5 Å². The summed E-state index contributed by atoms with van der Waals surface area (Å²) in [6.45, 7) is 2.20. The summed E-state index contributed by atoms with van der Waals surface area (Å²) < 4.78 is 11.2. The normalized spacial score (nSPS) is 27.4. The SMILES string of the molecule is C[C@H]1CCC[C@@H]1B1OC(=O)c2ccccc2O1.